The molecule has 0 spiro atoms. The Bertz CT molecular complexity index is 241. The normalized spacial score (nSPS) is 11.6. The van der Waals surface area contributed by atoms with Crippen molar-refractivity contribution in [2.45, 2.75) is 0 Å². The van der Waals surface area contributed by atoms with Crippen LogP contribution in [0.25, 0.3) is 6.08 Å². The molecule has 11 heavy (non-hydrogen) atoms. The minimum Gasteiger partial charge on any atom is -0.123 e. The predicted octanol–water partition coefficient (Wildman–Crippen LogP) is 3.78. The van der Waals surface area contributed by atoms with E-state index in [1.54, 1.807) is 11.8 Å². The van der Waals surface area contributed by atoms with Gasteiger partial charge in [-0.2, -0.15) is 0 Å². The van der Waals surface area contributed by atoms with Crippen molar-refractivity contribution in [3.8, 4) is 0 Å². The third-order valence-corrected chi connectivity index (χ3v) is 3.42. The minimum absolute atomic E-state index is 1.27. The zero-order valence-electron chi connectivity index (χ0n) is 6.25. The molecule has 0 bridgehead atoms. The smallest absolute Gasteiger partial charge is 0.0460 e. The summed E-state index contributed by atoms with van der Waals surface area (Å²) in [7, 11) is 0. The molecule has 1 rings (SSSR count). The molecule has 0 saturated heterocycles. The quantitative estimate of drug-likeness (QED) is 0.741. The lowest BCUT2D eigenvalue weighted by Gasteiger charge is -1.93. The summed E-state index contributed by atoms with van der Waals surface area (Å²) < 4.78 is 1.31. The fourth-order valence-electron chi connectivity index (χ4n) is 0.739. The molecule has 0 fully saturated rings. The van der Waals surface area contributed by atoms with Gasteiger partial charge in [-0.25, -0.2) is 0 Å². The number of halogens is 1. The van der Waals surface area contributed by atoms with Crippen molar-refractivity contribution in [1.29, 1.82) is 0 Å². The summed E-state index contributed by atoms with van der Waals surface area (Å²) in [5.74, 6) is 0. The third kappa shape index (κ3) is 3.29. The van der Waals surface area contributed by atoms with E-state index in [2.05, 4.69) is 59.2 Å². The Hall–Kier alpha value is 0.0400. The molecular formula is C9H9IS. The van der Waals surface area contributed by atoms with Crippen molar-refractivity contribution in [3.63, 3.8) is 0 Å². The van der Waals surface area contributed by atoms with Crippen molar-refractivity contribution in [3.05, 3.63) is 38.8 Å². The van der Waals surface area contributed by atoms with Gasteiger partial charge < -0.3 is 0 Å². The highest BCUT2D eigenvalue weighted by Crippen LogP contribution is 2.22. The second-order valence-corrected chi connectivity index (χ2v) is 4.81. The van der Waals surface area contributed by atoms with Gasteiger partial charge in [0.25, 0.3) is 0 Å². The van der Waals surface area contributed by atoms with Gasteiger partial charge in [-0.15, -0.1) is 11.8 Å². The highest BCUT2D eigenvalue weighted by molar-refractivity contribution is 14.1. The molecule has 0 aromatic heterocycles. The first kappa shape index (κ1) is 9.13. The van der Waals surface area contributed by atoms with E-state index in [-0.39, 0.29) is 0 Å². The molecule has 0 heterocycles. The standard InChI is InChI=1S/C9H9IS/c1-11-9(10)7-8-5-3-2-4-6-8/h2-7H,1H3. The zero-order valence-corrected chi connectivity index (χ0v) is 9.22. The number of rotatable bonds is 2. The van der Waals surface area contributed by atoms with Crippen LogP contribution in [-0.4, -0.2) is 6.26 Å². The summed E-state index contributed by atoms with van der Waals surface area (Å²) in [5.41, 5.74) is 1.27. The molecule has 0 saturated carbocycles. The van der Waals surface area contributed by atoms with Crippen molar-refractivity contribution in [1.82, 2.24) is 0 Å². The maximum absolute atomic E-state index is 2.33. The van der Waals surface area contributed by atoms with Gasteiger partial charge in [0.15, 0.2) is 0 Å². The number of hydrogen-bond donors (Lipinski definition) is 0. The van der Waals surface area contributed by atoms with E-state index in [9.17, 15) is 0 Å². The van der Waals surface area contributed by atoms with E-state index in [1.807, 2.05) is 6.07 Å². The highest BCUT2D eigenvalue weighted by atomic mass is 127. The molecular weight excluding hydrogens is 267 g/mol. The molecule has 0 N–H and O–H groups in total. The molecule has 0 amide bonds. The lowest BCUT2D eigenvalue weighted by atomic mass is 10.2. The van der Waals surface area contributed by atoms with Gasteiger partial charge >= 0.3 is 0 Å². The molecule has 0 aliphatic carbocycles. The number of benzene rings is 1. The third-order valence-electron chi connectivity index (χ3n) is 1.27. The molecule has 0 aliphatic heterocycles. The van der Waals surface area contributed by atoms with E-state index in [0.717, 1.165) is 0 Å². The first-order valence-electron chi connectivity index (χ1n) is 3.29. The Balaban J connectivity index is 2.79. The van der Waals surface area contributed by atoms with Crippen molar-refractivity contribution < 1.29 is 0 Å². The van der Waals surface area contributed by atoms with E-state index in [0.29, 0.717) is 0 Å². The molecule has 0 aliphatic rings. The number of hydrogen-bond acceptors (Lipinski definition) is 1. The van der Waals surface area contributed by atoms with Crippen LogP contribution in [0, 0.1) is 0 Å². The second-order valence-electron chi connectivity index (χ2n) is 2.06. The predicted molar refractivity (Wildman–Crippen MR) is 62.0 cm³/mol. The second kappa shape index (κ2) is 4.83. The number of thioether (sulfide) groups is 1. The van der Waals surface area contributed by atoms with Crippen molar-refractivity contribution in [2.24, 2.45) is 0 Å². The Labute approximate surface area is 85.2 Å². The Morgan fingerprint density at radius 2 is 2.00 bits per heavy atom. The van der Waals surface area contributed by atoms with E-state index >= 15 is 0 Å². The molecule has 1 aromatic carbocycles. The molecule has 2 heteroatoms. The summed E-state index contributed by atoms with van der Waals surface area (Å²) in [6, 6.07) is 10.3. The van der Waals surface area contributed by atoms with Crippen molar-refractivity contribution >= 4 is 40.4 Å². The van der Waals surface area contributed by atoms with Crippen LogP contribution in [0.4, 0.5) is 0 Å². The van der Waals surface area contributed by atoms with E-state index in [4.69, 9.17) is 0 Å². The average molecular weight is 276 g/mol. The molecule has 58 valence electrons. The SMILES string of the molecule is CSC(I)=Cc1ccccc1. The van der Waals surface area contributed by atoms with Crippen molar-refractivity contribution in [2.75, 3.05) is 6.26 Å². The molecule has 0 atom stereocenters. The van der Waals surface area contributed by atoms with Gasteiger partial charge in [0.1, 0.15) is 0 Å². The molecule has 1 aromatic rings. The van der Waals surface area contributed by atoms with Crippen LogP contribution in [0.15, 0.2) is 33.2 Å². The Morgan fingerprint density at radius 3 is 2.55 bits per heavy atom. The van der Waals surface area contributed by atoms with Gasteiger partial charge in [-0.1, -0.05) is 30.3 Å². The zero-order chi connectivity index (χ0) is 8.10. The molecule has 0 radical (unpaired) electrons. The Morgan fingerprint density at radius 1 is 1.36 bits per heavy atom. The highest BCUT2D eigenvalue weighted by Gasteiger charge is 1.87. The van der Waals surface area contributed by atoms with Crippen LogP contribution < -0.4 is 0 Å². The van der Waals surface area contributed by atoms with Crippen LogP contribution in [0.3, 0.4) is 0 Å². The fourth-order valence-corrected chi connectivity index (χ4v) is 1.35. The van der Waals surface area contributed by atoms with Gasteiger partial charge in [0.05, 0.1) is 0 Å². The first-order valence-corrected chi connectivity index (χ1v) is 5.59. The van der Waals surface area contributed by atoms with Gasteiger partial charge in [0, 0.05) is 2.91 Å². The first-order chi connectivity index (χ1) is 5.33. The summed E-state index contributed by atoms with van der Waals surface area (Å²) in [4.78, 5) is 0. The lowest BCUT2D eigenvalue weighted by Crippen LogP contribution is -1.68. The topological polar surface area (TPSA) is 0 Å². The largest absolute Gasteiger partial charge is 0.123 e. The summed E-state index contributed by atoms with van der Waals surface area (Å²) >= 11 is 4.10. The van der Waals surface area contributed by atoms with Crippen LogP contribution in [0.1, 0.15) is 5.56 Å². The summed E-state index contributed by atoms with van der Waals surface area (Å²) in [5, 5.41) is 0. The fraction of sp³-hybridized carbons (Fsp3) is 0.111. The summed E-state index contributed by atoms with van der Waals surface area (Å²) in [6.07, 6.45) is 4.26. The average Bonchev–Trinajstić information content (AvgIpc) is 2.06. The van der Waals surface area contributed by atoms with Crippen LogP contribution in [0.5, 0.6) is 0 Å². The van der Waals surface area contributed by atoms with Gasteiger partial charge in [-0.05, 0) is 40.5 Å². The van der Waals surface area contributed by atoms with E-state index < -0.39 is 0 Å². The van der Waals surface area contributed by atoms with Crippen LogP contribution >= 0.6 is 34.4 Å². The van der Waals surface area contributed by atoms with Gasteiger partial charge in [0.2, 0.25) is 0 Å². The van der Waals surface area contributed by atoms with Crippen LogP contribution in [0.2, 0.25) is 0 Å². The minimum atomic E-state index is 1.27. The summed E-state index contributed by atoms with van der Waals surface area (Å²) in [6.45, 7) is 0. The van der Waals surface area contributed by atoms with Crippen LogP contribution in [-0.2, 0) is 0 Å². The Kier molecular flexibility index (Phi) is 4.01. The molecule has 0 nitrogen and oxygen atoms in total. The maximum atomic E-state index is 2.33. The lowest BCUT2D eigenvalue weighted by molar-refractivity contribution is 1.66. The monoisotopic (exact) mass is 276 g/mol. The van der Waals surface area contributed by atoms with Gasteiger partial charge in [-0.3, -0.25) is 0 Å². The van der Waals surface area contributed by atoms with E-state index in [1.165, 1.54) is 8.48 Å². The molecule has 0 unspecified atom stereocenters. The maximum Gasteiger partial charge on any atom is 0.0460 e.